The van der Waals surface area contributed by atoms with Crippen molar-refractivity contribution in [1.82, 2.24) is 5.32 Å². The van der Waals surface area contributed by atoms with Gasteiger partial charge in [0.2, 0.25) is 5.91 Å². The molecule has 0 aliphatic rings. The van der Waals surface area contributed by atoms with Crippen LogP contribution in [0.3, 0.4) is 0 Å². The first kappa shape index (κ1) is 22.2. The van der Waals surface area contributed by atoms with Crippen molar-refractivity contribution in [2.45, 2.75) is 77.7 Å². The topological polar surface area (TPSA) is 120 Å². The minimum absolute atomic E-state index is 0.0243. The highest BCUT2D eigenvalue weighted by Crippen LogP contribution is 2.07. The van der Waals surface area contributed by atoms with Crippen molar-refractivity contribution in [1.29, 1.82) is 0 Å². The lowest BCUT2D eigenvalue weighted by Crippen LogP contribution is -2.42. The second-order valence-electron chi connectivity index (χ2n) is 5.90. The molecule has 5 N–H and O–H groups in total. The maximum atomic E-state index is 12.1. The first-order valence-corrected chi connectivity index (χ1v) is 9.02. The van der Waals surface area contributed by atoms with Gasteiger partial charge in [0.15, 0.2) is 5.96 Å². The summed E-state index contributed by atoms with van der Waals surface area (Å²) in [5.41, 5.74) is 10.5. The van der Waals surface area contributed by atoms with Crippen LogP contribution in [0.1, 0.15) is 71.6 Å². The minimum atomic E-state index is -0.631. The van der Waals surface area contributed by atoms with Crippen molar-refractivity contribution in [3.63, 3.8) is 0 Å². The van der Waals surface area contributed by atoms with E-state index in [1.165, 1.54) is 12.8 Å². The average Bonchev–Trinajstić information content (AvgIpc) is 2.54. The highest BCUT2D eigenvalue weighted by atomic mass is 16.5. The Hall–Kier alpha value is -1.79. The summed E-state index contributed by atoms with van der Waals surface area (Å²) >= 11 is 0. The number of unbranched alkanes of at least 4 members (excludes halogenated alkanes) is 4. The van der Waals surface area contributed by atoms with Crippen molar-refractivity contribution in [3.05, 3.63) is 0 Å². The third-order valence-electron chi connectivity index (χ3n) is 3.52. The smallest absolute Gasteiger partial charge is 0.328 e. The predicted octanol–water partition coefficient (Wildman–Crippen LogP) is 1.84. The molecule has 0 saturated heterocycles. The van der Waals surface area contributed by atoms with Crippen LogP contribution in [0.15, 0.2) is 4.99 Å². The second kappa shape index (κ2) is 14.8. The lowest BCUT2D eigenvalue weighted by molar-refractivity contribution is -0.148. The van der Waals surface area contributed by atoms with Crippen molar-refractivity contribution < 1.29 is 14.3 Å². The van der Waals surface area contributed by atoms with Gasteiger partial charge in [-0.05, 0) is 25.7 Å². The van der Waals surface area contributed by atoms with Crippen molar-refractivity contribution >= 4 is 17.8 Å². The number of rotatable bonds is 14. The third kappa shape index (κ3) is 12.7. The molecule has 140 valence electrons. The number of esters is 1. The second-order valence-corrected chi connectivity index (χ2v) is 5.90. The minimum Gasteiger partial charge on any atom is -0.464 e. The molecule has 1 atom stereocenters. The fraction of sp³-hybridized carbons (Fsp3) is 0.824. The Bertz CT molecular complexity index is 382. The Labute approximate surface area is 145 Å². The lowest BCUT2D eigenvalue weighted by atomic mass is 10.1. The molecular formula is C17H34N4O3. The van der Waals surface area contributed by atoms with Gasteiger partial charge in [0.25, 0.3) is 0 Å². The summed E-state index contributed by atoms with van der Waals surface area (Å²) in [7, 11) is 0. The Kier molecular flexibility index (Phi) is 13.7. The maximum Gasteiger partial charge on any atom is 0.328 e. The molecule has 0 unspecified atom stereocenters. The van der Waals surface area contributed by atoms with E-state index in [-0.39, 0.29) is 17.8 Å². The molecule has 0 aromatic carbocycles. The van der Waals surface area contributed by atoms with E-state index < -0.39 is 6.04 Å². The molecule has 0 spiro atoms. The standard InChI is InChI=1S/C17H34N4O3/c1-3-5-6-7-8-11-15(22)21-14(16(23)24-13-4-2)10-9-12-20-17(18)19/h14H,3-13H2,1-2H3,(H,21,22)(H4,18,19,20)/t14-/m0/s1. The van der Waals surface area contributed by atoms with Gasteiger partial charge < -0.3 is 21.5 Å². The number of amides is 1. The number of nitrogens with two attached hydrogens (primary N) is 2. The summed E-state index contributed by atoms with van der Waals surface area (Å²) in [6.07, 6.45) is 7.64. The van der Waals surface area contributed by atoms with Gasteiger partial charge in [0.05, 0.1) is 6.61 Å². The molecule has 0 heterocycles. The number of hydrogen-bond donors (Lipinski definition) is 3. The molecule has 0 rings (SSSR count). The summed E-state index contributed by atoms with van der Waals surface area (Å²) in [5.74, 6) is -0.469. The van der Waals surface area contributed by atoms with Gasteiger partial charge in [-0.1, -0.05) is 39.5 Å². The Morgan fingerprint density at radius 3 is 2.38 bits per heavy atom. The number of nitrogens with one attached hydrogen (secondary N) is 1. The van der Waals surface area contributed by atoms with E-state index in [2.05, 4.69) is 17.2 Å². The lowest BCUT2D eigenvalue weighted by Gasteiger charge is -2.17. The number of carbonyl (C=O) groups excluding carboxylic acids is 2. The van der Waals surface area contributed by atoms with Crippen LogP contribution in [0.5, 0.6) is 0 Å². The van der Waals surface area contributed by atoms with Gasteiger partial charge in [-0.3, -0.25) is 9.79 Å². The van der Waals surface area contributed by atoms with E-state index in [0.29, 0.717) is 32.4 Å². The molecule has 0 aromatic rings. The zero-order valence-corrected chi connectivity index (χ0v) is 15.2. The summed E-state index contributed by atoms with van der Waals surface area (Å²) in [6, 6.07) is -0.631. The van der Waals surface area contributed by atoms with Crippen LogP contribution in [0.2, 0.25) is 0 Å². The zero-order valence-electron chi connectivity index (χ0n) is 15.2. The Balaban J connectivity index is 4.27. The maximum absolute atomic E-state index is 12.1. The van der Waals surface area contributed by atoms with Crippen LogP contribution < -0.4 is 16.8 Å². The molecule has 0 radical (unpaired) electrons. The van der Waals surface area contributed by atoms with E-state index in [4.69, 9.17) is 16.2 Å². The summed E-state index contributed by atoms with van der Waals surface area (Å²) in [5, 5.41) is 2.78. The van der Waals surface area contributed by atoms with E-state index in [1.54, 1.807) is 0 Å². The van der Waals surface area contributed by atoms with Crippen molar-refractivity contribution in [2.75, 3.05) is 13.2 Å². The summed E-state index contributed by atoms with van der Waals surface area (Å²) in [4.78, 5) is 28.0. The predicted molar refractivity (Wildman–Crippen MR) is 96.5 cm³/mol. The van der Waals surface area contributed by atoms with E-state index in [0.717, 1.165) is 25.7 Å². The molecule has 0 saturated carbocycles. The van der Waals surface area contributed by atoms with Crippen LogP contribution >= 0.6 is 0 Å². The molecule has 0 fully saturated rings. The van der Waals surface area contributed by atoms with Crippen LogP contribution in [-0.4, -0.2) is 37.0 Å². The normalized spacial score (nSPS) is 11.6. The molecule has 24 heavy (non-hydrogen) atoms. The summed E-state index contributed by atoms with van der Waals surface area (Å²) < 4.78 is 5.15. The molecule has 0 aliphatic heterocycles. The largest absolute Gasteiger partial charge is 0.464 e. The first-order valence-electron chi connectivity index (χ1n) is 9.02. The Morgan fingerprint density at radius 1 is 1.04 bits per heavy atom. The number of nitrogens with zero attached hydrogens (tertiary/aromatic N) is 1. The highest BCUT2D eigenvalue weighted by molar-refractivity contribution is 5.84. The summed E-state index contributed by atoms with van der Waals surface area (Å²) in [6.45, 7) is 4.86. The average molecular weight is 342 g/mol. The van der Waals surface area contributed by atoms with Gasteiger partial charge in [-0.2, -0.15) is 0 Å². The molecule has 1 amide bonds. The van der Waals surface area contributed by atoms with Gasteiger partial charge in [0.1, 0.15) is 6.04 Å². The molecule has 0 aliphatic carbocycles. The van der Waals surface area contributed by atoms with Crippen molar-refractivity contribution in [2.24, 2.45) is 16.5 Å². The van der Waals surface area contributed by atoms with Crippen LogP contribution in [0.4, 0.5) is 0 Å². The van der Waals surface area contributed by atoms with Crippen LogP contribution in [-0.2, 0) is 14.3 Å². The van der Waals surface area contributed by atoms with Crippen LogP contribution in [0.25, 0.3) is 0 Å². The van der Waals surface area contributed by atoms with E-state index in [1.807, 2.05) is 6.92 Å². The van der Waals surface area contributed by atoms with Gasteiger partial charge in [-0.15, -0.1) is 0 Å². The van der Waals surface area contributed by atoms with E-state index >= 15 is 0 Å². The third-order valence-corrected chi connectivity index (χ3v) is 3.52. The number of hydrogen-bond acceptors (Lipinski definition) is 4. The van der Waals surface area contributed by atoms with Gasteiger partial charge in [0, 0.05) is 13.0 Å². The zero-order chi connectivity index (χ0) is 18.2. The van der Waals surface area contributed by atoms with Gasteiger partial charge >= 0.3 is 5.97 Å². The quantitative estimate of drug-likeness (QED) is 0.192. The first-order chi connectivity index (χ1) is 11.5. The monoisotopic (exact) mass is 342 g/mol. The SMILES string of the molecule is CCCCCCCC(=O)N[C@@H](CCCN=C(N)N)C(=O)OCCC. The fourth-order valence-electron chi connectivity index (χ4n) is 2.21. The molecule has 0 bridgehead atoms. The molecule has 0 aromatic heterocycles. The number of carbonyl (C=O) groups is 2. The van der Waals surface area contributed by atoms with Crippen molar-refractivity contribution in [3.8, 4) is 0 Å². The fourth-order valence-corrected chi connectivity index (χ4v) is 2.21. The molecule has 7 nitrogen and oxygen atoms in total. The molecule has 7 heteroatoms. The number of aliphatic imine (C=N–C) groups is 1. The van der Waals surface area contributed by atoms with Gasteiger partial charge in [-0.25, -0.2) is 4.79 Å². The number of ether oxygens (including phenoxy) is 1. The highest BCUT2D eigenvalue weighted by Gasteiger charge is 2.21. The van der Waals surface area contributed by atoms with E-state index in [9.17, 15) is 9.59 Å². The Morgan fingerprint density at radius 2 is 1.75 bits per heavy atom. The number of guanidine groups is 1. The van der Waals surface area contributed by atoms with Crippen LogP contribution in [0, 0.1) is 0 Å². The molecular weight excluding hydrogens is 308 g/mol.